The molecule has 0 aliphatic rings. The molecule has 0 atom stereocenters. The second-order valence-electron chi connectivity index (χ2n) is 2.05. The lowest BCUT2D eigenvalue weighted by atomic mass is 10.2. The van der Waals surface area contributed by atoms with Gasteiger partial charge < -0.3 is 0 Å². The number of thiocyanates is 1. The summed E-state index contributed by atoms with van der Waals surface area (Å²) in [4.78, 5) is 0. The molecule has 12 heavy (non-hydrogen) atoms. The molecule has 1 rings (SSSR count). The van der Waals surface area contributed by atoms with Crippen molar-refractivity contribution < 1.29 is 0 Å². The summed E-state index contributed by atoms with van der Waals surface area (Å²) in [5, 5.41) is 10.2. The maximum atomic E-state index is 8.21. The molecule has 1 aromatic carbocycles. The Morgan fingerprint density at radius 3 is 2.67 bits per heavy atom. The van der Waals surface area contributed by atoms with Crippen LogP contribution in [-0.2, 0) is 0 Å². The number of nitrogens with zero attached hydrogens (tertiary/aromatic N) is 1. The molecule has 1 nitrogen and oxygen atoms in total. The molecule has 0 saturated heterocycles. The molecule has 2 heteroatoms. The van der Waals surface area contributed by atoms with Gasteiger partial charge in [-0.2, -0.15) is 5.26 Å². The Morgan fingerprint density at radius 1 is 1.25 bits per heavy atom. The molecule has 1 aromatic rings. The monoisotopic (exact) mass is 173 g/mol. The van der Waals surface area contributed by atoms with Gasteiger partial charge in [0, 0.05) is 5.56 Å². The minimum atomic E-state index is 0.575. The van der Waals surface area contributed by atoms with Crippen LogP contribution >= 0.6 is 11.8 Å². The minimum absolute atomic E-state index is 0.575. The van der Waals surface area contributed by atoms with Crippen molar-refractivity contribution in [3.05, 3.63) is 35.9 Å². The number of hydrogen-bond acceptors (Lipinski definition) is 2. The van der Waals surface area contributed by atoms with E-state index in [1.165, 1.54) is 0 Å². The molecule has 0 bridgehead atoms. The smallest absolute Gasteiger partial charge is 0.134 e. The molecular weight excluding hydrogens is 166 g/mol. The van der Waals surface area contributed by atoms with E-state index in [1.807, 2.05) is 35.7 Å². The zero-order valence-electron chi connectivity index (χ0n) is 6.45. The van der Waals surface area contributed by atoms with E-state index in [0.717, 1.165) is 17.3 Å². The van der Waals surface area contributed by atoms with Crippen LogP contribution in [0.4, 0.5) is 0 Å². The van der Waals surface area contributed by atoms with Crippen LogP contribution in [0.1, 0.15) is 5.56 Å². The number of rotatable bonds is 1. The summed E-state index contributed by atoms with van der Waals surface area (Å²) >= 11 is 1.16. The molecule has 58 valence electrons. The van der Waals surface area contributed by atoms with Crippen molar-refractivity contribution in [1.82, 2.24) is 0 Å². The Kier molecular flexibility index (Phi) is 3.84. The summed E-state index contributed by atoms with van der Waals surface area (Å²) in [6, 6.07) is 9.74. The van der Waals surface area contributed by atoms with Crippen molar-refractivity contribution in [2.24, 2.45) is 0 Å². The number of benzene rings is 1. The van der Waals surface area contributed by atoms with Crippen LogP contribution in [0, 0.1) is 22.5 Å². The summed E-state index contributed by atoms with van der Waals surface area (Å²) < 4.78 is 0. The van der Waals surface area contributed by atoms with E-state index in [9.17, 15) is 0 Å². The van der Waals surface area contributed by atoms with Crippen LogP contribution in [0.15, 0.2) is 30.3 Å². The fourth-order valence-corrected chi connectivity index (χ4v) is 0.937. The third-order valence-electron chi connectivity index (χ3n) is 1.22. The SMILES string of the molecule is N#CSCC#Cc1ccccc1. The summed E-state index contributed by atoms with van der Waals surface area (Å²) in [6.07, 6.45) is 0. The molecule has 0 spiro atoms. The highest BCUT2D eigenvalue weighted by Gasteiger charge is 1.80. The van der Waals surface area contributed by atoms with E-state index in [0.29, 0.717) is 5.75 Å². The van der Waals surface area contributed by atoms with Crippen LogP contribution in [0.2, 0.25) is 0 Å². The third-order valence-corrected chi connectivity index (χ3v) is 1.63. The number of hydrogen-bond donors (Lipinski definition) is 0. The van der Waals surface area contributed by atoms with Crippen molar-refractivity contribution >= 4 is 11.8 Å². The predicted molar refractivity (Wildman–Crippen MR) is 51.4 cm³/mol. The standard InChI is InChI=1S/C10H7NS/c11-9-12-8-4-7-10-5-2-1-3-6-10/h1-3,5-6H,8H2. The molecular formula is C10H7NS. The Bertz CT molecular complexity index is 326. The van der Waals surface area contributed by atoms with Gasteiger partial charge in [0.15, 0.2) is 0 Å². The van der Waals surface area contributed by atoms with Crippen molar-refractivity contribution in [2.75, 3.05) is 5.75 Å². The molecule has 0 radical (unpaired) electrons. The van der Waals surface area contributed by atoms with Crippen molar-refractivity contribution in [1.29, 1.82) is 5.26 Å². The van der Waals surface area contributed by atoms with Gasteiger partial charge in [0.1, 0.15) is 5.40 Å². The van der Waals surface area contributed by atoms with Gasteiger partial charge in [0.05, 0.1) is 5.75 Å². The fourth-order valence-electron chi connectivity index (χ4n) is 0.728. The Morgan fingerprint density at radius 2 is 2.00 bits per heavy atom. The molecule has 0 amide bonds. The van der Waals surface area contributed by atoms with Gasteiger partial charge in [0.25, 0.3) is 0 Å². The molecule has 0 aliphatic heterocycles. The highest BCUT2D eigenvalue weighted by atomic mass is 32.2. The maximum Gasteiger partial charge on any atom is 0.134 e. The van der Waals surface area contributed by atoms with E-state index < -0.39 is 0 Å². The summed E-state index contributed by atoms with van der Waals surface area (Å²) in [6.45, 7) is 0. The largest absolute Gasteiger partial charge is 0.185 e. The van der Waals surface area contributed by atoms with Crippen LogP contribution in [0.3, 0.4) is 0 Å². The van der Waals surface area contributed by atoms with Crippen LogP contribution in [0.5, 0.6) is 0 Å². The van der Waals surface area contributed by atoms with Gasteiger partial charge in [-0.3, -0.25) is 0 Å². The quantitative estimate of drug-likeness (QED) is 0.369. The summed E-state index contributed by atoms with van der Waals surface area (Å²) in [7, 11) is 0. The average Bonchev–Trinajstić information content (AvgIpc) is 2.14. The molecule has 0 unspecified atom stereocenters. The molecule has 0 fully saturated rings. The van der Waals surface area contributed by atoms with Crippen molar-refractivity contribution in [3.8, 4) is 17.2 Å². The van der Waals surface area contributed by atoms with Gasteiger partial charge in [-0.15, -0.1) is 0 Å². The lowest BCUT2D eigenvalue weighted by Gasteiger charge is -1.84. The van der Waals surface area contributed by atoms with Gasteiger partial charge in [0.2, 0.25) is 0 Å². The first-order valence-electron chi connectivity index (χ1n) is 3.48. The fraction of sp³-hybridized carbons (Fsp3) is 0.100. The first-order valence-corrected chi connectivity index (χ1v) is 4.47. The highest BCUT2D eigenvalue weighted by molar-refractivity contribution is 8.03. The van der Waals surface area contributed by atoms with E-state index >= 15 is 0 Å². The molecule has 0 saturated carbocycles. The number of nitriles is 1. The average molecular weight is 173 g/mol. The van der Waals surface area contributed by atoms with Gasteiger partial charge >= 0.3 is 0 Å². The minimum Gasteiger partial charge on any atom is -0.185 e. The lowest BCUT2D eigenvalue weighted by molar-refractivity contribution is 1.57. The second kappa shape index (κ2) is 5.29. The van der Waals surface area contributed by atoms with Crippen LogP contribution in [0.25, 0.3) is 0 Å². The van der Waals surface area contributed by atoms with Crippen molar-refractivity contribution in [2.45, 2.75) is 0 Å². The molecule has 0 aromatic heterocycles. The van der Waals surface area contributed by atoms with E-state index in [1.54, 1.807) is 0 Å². The van der Waals surface area contributed by atoms with Crippen molar-refractivity contribution in [3.63, 3.8) is 0 Å². The first kappa shape index (κ1) is 8.71. The Labute approximate surface area is 76.4 Å². The highest BCUT2D eigenvalue weighted by Crippen LogP contribution is 1.96. The Balaban J connectivity index is 2.51. The predicted octanol–water partition coefficient (Wildman–Crippen LogP) is 2.25. The summed E-state index contributed by atoms with van der Waals surface area (Å²) in [5.74, 6) is 6.43. The molecule has 0 N–H and O–H groups in total. The van der Waals surface area contributed by atoms with Crippen LogP contribution in [-0.4, -0.2) is 5.75 Å². The lowest BCUT2D eigenvalue weighted by Crippen LogP contribution is -1.72. The third kappa shape index (κ3) is 3.14. The summed E-state index contributed by atoms with van der Waals surface area (Å²) in [5.41, 5.74) is 0.996. The zero-order chi connectivity index (χ0) is 8.65. The topological polar surface area (TPSA) is 23.8 Å². The van der Waals surface area contributed by atoms with Gasteiger partial charge in [-0.1, -0.05) is 30.0 Å². The van der Waals surface area contributed by atoms with Gasteiger partial charge in [-0.05, 0) is 23.9 Å². The van der Waals surface area contributed by atoms with E-state index in [-0.39, 0.29) is 0 Å². The van der Waals surface area contributed by atoms with E-state index in [4.69, 9.17) is 5.26 Å². The Hall–Kier alpha value is -1.38. The molecule has 0 heterocycles. The number of thioether (sulfide) groups is 1. The van der Waals surface area contributed by atoms with E-state index in [2.05, 4.69) is 11.8 Å². The normalized spacial score (nSPS) is 7.92. The van der Waals surface area contributed by atoms with Crippen LogP contribution < -0.4 is 0 Å². The maximum absolute atomic E-state index is 8.21. The first-order chi connectivity index (χ1) is 5.93. The zero-order valence-corrected chi connectivity index (χ0v) is 7.27. The molecule has 0 aliphatic carbocycles. The second-order valence-corrected chi connectivity index (χ2v) is 2.81. The van der Waals surface area contributed by atoms with Gasteiger partial charge in [-0.25, -0.2) is 0 Å².